The first kappa shape index (κ1) is 29.7. The number of amides is 1. The predicted octanol–water partition coefficient (Wildman–Crippen LogP) is 1.62. The fourth-order valence-corrected chi connectivity index (χ4v) is 2.27. The molecule has 0 saturated heterocycles. The van der Waals surface area contributed by atoms with Crippen molar-refractivity contribution >= 4 is 12.9 Å². The van der Waals surface area contributed by atoms with E-state index in [9.17, 15) is 28.6 Å². The van der Waals surface area contributed by atoms with E-state index in [1.807, 2.05) is 0 Å². The quantitative estimate of drug-likeness (QED) is 0.383. The smallest absolute Gasteiger partial charge is 0.293 e. The van der Waals surface area contributed by atoms with Crippen LogP contribution in [0.2, 0.25) is 0 Å². The number of nitrogens with two attached hydrogens (primary N) is 1. The number of methoxy groups -OCH3 is 2. The van der Waals surface area contributed by atoms with Crippen LogP contribution in [0.3, 0.4) is 0 Å². The van der Waals surface area contributed by atoms with Gasteiger partial charge in [-0.1, -0.05) is 0 Å². The van der Waals surface area contributed by atoms with Gasteiger partial charge in [0.05, 0.1) is 33.0 Å². The second-order valence-corrected chi connectivity index (χ2v) is 6.12. The van der Waals surface area contributed by atoms with Gasteiger partial charge < -0.3 is 35.5 Å². The van der Waals surface area contributed by atoms with Crippen LogP contribution in [0, 0.1) is 11.6 Å². The Bertz CT molecular complexity index is 840. The minimum absolute atomic E-state index is 0.00983. The lowest BCUT2D eigenvalue weighted by atomic mass is 10.1. The molecule has 11 heteroatoms. The Labute approximate surface area is 191 Å². The largest absolute Gasteiger partial charge is 0.497 e. The molecule has 2 aromatic carbocycles. The Hall–Kier alpha value is -3.28. The van der Waals surface area contributed by atoms with E-state index in [-0.39, 0.29) is 24.2 Å². The van der Waals surface area contributed by atoms with Gasteiger partial charge in [0.15, 0.2) is 0 Å². The summed E-state index contributed by atoms with van der Waals surface area (Å²) in [5.41, 5.74) is 5.48. The molecule has 0 aliphatic rings. The van der Waals surface area contributed by atoms with Crippen LogP contribution in [0.5, 0.6) is 11.5 Å². The van der Waals surface area contributed by atoms with Gasteiger partial charge in [-0.15, -0.1) is 0 Å². The summed E-state index contributed by atoms with van der Waals surface area (Å²) >= 11 is 0. The zero-order valence-electron chi connectivity index (χ0n) is 18.7. The van der Waals surface area contributed by atoms with Crippen LogP contribution in [0.25, 0.3) is 0 Å². The Balaban J connectivity index is 0.000000520. The van der Waals surface area contributed by atoms with Crippen molar-refractivity contribution in [2.75, 3.05) is 33.9 Å². The van der Waals surface area contributed by atoms with E-state index in [1.54, 1.807) is 6.92 Å². The fourth-order valence-electron chi connectivity index (χ4n) is 2.27. The van der Waals surface area contributed by atoms with Gasteiger partial charge in [-0.3, -0.25) is 9.59 Å². The fraction of sp³-hybridized carbons (Fsp3) is 0.364. The van der Waals surface area contributed by atoms with Crippen LogP contribution in [0.4, 0.5) is 8.78 Å². The van der Waals surface area contributed by atoms with Crippen molar-refractivity contribution in [1.82, 2.24) is 5.32 Å². The van der Waals surface area contributed by atoms with Crippen LogP contribution in [0.15, 0.2) is 36.4 Å². The maximum atomic E-state index is 13.3. The second-order valence-electron chi connectivity index (χ2n) is 6.12. The summed E-state index contributed by atoms with van der Waals surface area (Å²) in [4.78, 5) is 19.2. The maximum absolute atomic E-state index is 13.3. The lowest BCUT2D eigenvalue weighted by Gasteiger charge is -2.12. The number of carbonyl (C=O) groups excluding carboxylic acids is 2. The molecule has 2 atom stereocenters. The zero-order chi connectivity index (χ0) is 25.2. The first-order chi connectivity index (χ1) is 15.8. The highest BCUT2D eigenvalue weighted by atomic mass is 19.1. The van der Waals surface area contributed by atoms with Crippen LogP contribution in [0.1, 0.15) is 30.3 Å². The van der Waals surface area contributed by atoms with Gasteiger partial charge in [0.1, 0.15) is 23.1 Å². The zero-order valence-corrected chi connectivity index (χ0v) is 18.7. The number of rotatable bonds is 10. The average Bonchev–Trinajstić information content (AvgIpc) is 2.84. The van der Waals surface area contributed by atoms with Crippen molar-refractivity contribution in [2.45, 2.75) is 19.1 Å². The van der Waals surface area contributed by atoms with Crippen molar-refractivity contribution in [1.29, 1.82) is 0 Å². The number of halogens is 2. The maximum Gasteiger partial charge on any atom is 0.293 e. The molecule has 0 aliphatic carbocycles. The van der Waals surface area contributed by atoms with E-state index < -0.39 is 23.8 Å². The highest BCUT2D eigenvalue weighted by molar-refractivity contribution is 5.46. The van der Waals surface area contributed by atoms with Gasteiger partial charge in [-0.25, -0.2) is 8.78 Å². The minimum atomic E-state index is -1.08. The molecule has 0 aromatic heterocycles. The Kier molecular flexibility index (Phi) is 15.6. The summed E-state index contributed by atoms with van der Waals surface area (Å²) in [6.07, 6.45) is -1.61. The Morgan fingerprint density at radius 3 is 1.79 bits per heavy atom. The van der Waals surface area contributed by atoms with Crippen LogP contribution in [-0.4, -0.2) is 57.0 Å². The molecule has 0 unspecified atom stereocenters. The Morgan fingerprint density at radius 2 is 1.45 bits per heavy atom. The lowest BCUT2D eigenvalue weighted by Crippen LogP contribution is -2.20. The molecule has 2 aromatic rings. The van der Waals surface area contributed by atoms with E-state index in [0.29, 0.717) is 31.0 Å². The average molecular weight is 472 g/mol. The standard InChI is InChI=1S/C10H12FNO3.C9H12FNO2.C3H6O2/c1-15-7-2-3-9(11)8(4-7)10(14)5-12-6-13;1-13-6-2-3-8(10)7(4-6)9(12)5-11;1-2-5-3-4/h2-4,6,10,14H,5H2,1H3,(H,12,13);2-4,9,12H,5,11H2,1H3;3H,2H2,1H3/t10-;9-;/m00./s1. The van der Waals surface area contributed by atoms with Gasteiger partial charge >= 0.3 is 0 Å². The number of carbonyl (C=O) groups is 2. The molecule has 33 heavy (non-hydrogen) atoms. The van der Waals surface area contributed by atoms with Crippen LogP contribution in [-0.2, 0) is 14.3 Å². The minimum Gasteiger partial charge on any atom is -0.497 e. The summed E-state index contributed by atoms with van der Waals surface area (Å²) in [6, 6.07) is 8.23. The third kappa shape index (κ3) is 11.2. The summed E-state index contributed by atoms with van der Waals surface area (Å²) in [5, 5.41) is 21.1. The van der Waals surface area contributed by atoms with Gasteiger partial charge in [0, 0.05) is 24.2 Å². The molecule has 0 aliphatic heterocycles. The van der Waals surface area contributed by atoms with Gasteiger partial charge in [0.25, 0.3) is 6.47 Å². The molecule has 0 saturated carbocycles. The number of aliphatic hydroxyl groups excluding tert-OH is 2. The van der Waals surface area contributed by atoms with Crippen LogP contribution < -0.4 is 20.5 Å². The molecule has 0 fully saturated rings. The Morgan fingerprint density at radius 1 is 0.970 bits per heavy atom. The molecule has 9 nitrogen and oxygen atoms in total. The van der Waals surface area contributed by atoms with Crippen molar-refractivity contribution in [2.24, 2.45) is 5.73 Å². The molecule has 184 valence electrons. The third-order valence-electron chi connectivity index (χ3n) is 3.98. The number of benzene rings is 2. The van der Waals surface area contributed by atoms with E-state index in [2.05, 4.69) is 10.1 Å². The highest BCUT2D eigenvalue weighted by Crippen LogP contribution is 2.22. The van der Waals surface area contributed by atoms with Crippen molar-refractivity contribution < 1.29 is 42.8 Å². The summed E-state index contributed by atoms with van der Waals surface area (Å²) < 4.78 is 40.3. The number of nitrogens with one attached hydrogen (secondary N) is 1. The first-order valence-electron chi connectivity index (χ1n) is 9.74. The molecule has 1 amide bonds. The van der Waals surface area contributed by atoms with Crippen molar-refractivity contribution in [3.63, 3.8) is 0 Å². The van der Waals surface area contributed by atoms with E-state index in [1.165, 1.54) is 50.6 Å². The van der Waals surface area contributed by atoms with Gasteiger partial charge in [-0.2, -0.15) is 0 Å². The molecule has 0 heterocycles. The van der Waals surface area contributed by atoms with Gasteiger partial charge in [0.2, 0.25) is 6.41 Å². The summed E-state index contributed by atoms with van der Waals surface area (Å²) in [5.74, 6) is -0.0461. The number of aliphatic hydroxyl groups is 2. The highest BCUT2D eigenvalue weighted by Gasteiger charge is 2.13. The number of hydrogen-bond donors (Lipinski definition) is 4. The molecule has 0 spiro atoms. The first-order valence-corrected chi connectivity index (χ1v) is 9.74. The molecular weight excluding hydrogens is 442 g/mol. The van der Waals surface area contributed by atoms with Crippen LogP contribution >= 0.6 is 0 Å². The molecule has 0 bridgehead atoms. The van der Waals surface area contributed by atoms with Crippen molar-refractivity contribution in [3.8, 4) is 11.5 Å². The predicted molar refractivity (Wildman–Crippen MR) is 117 cm³/mol. The lowest BCUT2D eigenvalue weighted by molar-refractivity contribution is -0.128. The molecule has 0 radical (unpaired) electrons. The second kappa shape index (κ2) is 17.3. The molecule has 2 rings (SSSR count). The van der Waals surface area contributed by atoms with E-state index in [4.69, 9.17) is 15.2 Å². The third-order valence-corrected chi connectivity index (χ3v) is 3.98. The number of ether oxygens (including phenoxy) is 3. The molecular formula is C22H30F2N2O7. The summed E-state index contributed by atoms with van der Waals surface area (Å²) in [7, 11) is 2.93. The monoisotopic (exact) mass is 472 g/mol. The topological polar surface area (TPSA) is 140 Å². The number of hydrogen-bond acceptors (Lipinski definition) is 8. The van der Waals surface area contributed by atoms with E-state index in [0.717, 1.165) is 0 Å². The summed E-state index contributed by atoms with van der Waals surface area (Å²) in [6.45, 7) is 2.62. The van der Waals surface area contributed by atoms with Crippen molar-refractivity contribution in [3.05, 3.63) is 59.2 Å². The normalized spacial score (nSPS) is 11.4. The molecule has 5 N–H and O–H groups in total. The van der Waals surface area contributed by atoms with E-state index >= 15 is 0 Å². The SMILES string of the molecule is CCOC=O.COc1ccc(F)c([C@@H](O)CN)c1.COc1ccc(F)c([C@@H](O)CNC=O)c1. The van der Waals surface area contributed by atoms with Gasteiger partial charge in [-0.05, 0) is 43.3 Å².